The highest BCUT2D eigenvalue weighted by atomic mass is 32.2. The number of hydrogen-bond acceptors (Lipinski definition) is 7. The van der Waals surface area contributed by atoms with E-state index in [-0.39, 0.29) is 0 Å². The second-order valence-corrected chi connectivity index (χ2v) is 4.30. The molecule has 2 aromatic heterocycles. The van der Waals surface area contributed by atoms with Crippen LogP contribution in [0.2, 0.25) is 0 Å². The van der Waals surface area contributed by atoms with Crippen LogP contribution in [0.25, 0.3) is 0 Å². The number of aromatic nitrogens is 3. The van der Waals surface area contributed by atoms with Crippen molar-refractivity contribution in [2.24, 2.45) is 5.10 Å². The number of thioether (sulfide) groups is 1. The lowest BCUT2D eigenvalue weighted by Crippen LogP contribution is -1.92. The van der Waals surface area contributed by atoms with E-state index in [4.69, 9.17) is 9.15 Å². The van der Waals surface area contributed by atoms with Crippen LogP contribution < -0.4 is 5.43 Å². The second-order valence-electron chi connectivity index (χ2n) is 3.24. The van der Waals surface area contributed by atoms with E-state index in [1.165, 1.54) is 18.0 Å². The SMILES string of the molecule is C=COCCSc1n[nH]c(N/N=C/c2ccco2)n1. The van der Waals surface area contributed by atoms with Gasteiger partial charge in [0.1, 0.15) is 5.76 Å². The van der Waals surface area contributed by atoms with Gasteiger partial charge in [0.2, 0.25) is 11.1 Å². The number of hydrogen-bond donors (Lipinski definition) is 2. The first-order valence-corrected chi connectivity index (χ1v) is 6.47. The Morgan fingerprint density at radius 1 is 1.63 bits per heavy atom. The maximum Gasteiger partial charge on any atom is 0.240 e. The van der Waals surface area contributed by atoms with Gasteiger partial charge in [-0.15, -0.1) is 5.10 Å². The van der Waals surface area contributed by atoms with E-state index in [0.29, 0.717) is 23.5 Å². The lowest BCUT2D eigenvalue weighted by atomic mass is 10.5. The maximum atomic E-state index is 5.09. The molecule has 0 bridgehead atoms. The Labute approximate surface area is 114 Å². The number of hydrazone groups is 1. The highest BCUT2D eigenvalue weighted by Gasteiger charge is 2.02. The van der Waals surface area contributed by atoms with Crippen LogP contribution in [0.5, 0.6) is 0 Å². The minimum atomic E-state index is 0.468. The van der Waals surface area contributed by atoms with Crippen molar-refractivity contribution >= 4 is 23.9 Å². The number of aromatic amines is 1. The number of nitrogens with one attached hydrogen (secondary N) is 2. The summed E-state index contributed by atoms with van der Waals surface area (Å²) in [5.41, 5.74) is 2.72. The van der Waals surface area contributed by atoms with Crippen molar-refractivity contribution in [3.63, 3.8) is 0 Å². The molecule has 2 aromatic rings. The molecule has 2 heterocycles. The number of nitrogens with zero attached hydrogens (tertiary/aromatic N) is 3. The summed E-state index contributed by atoms with van der Waals surface area (Å²) >= 11 is 1.48. The van der Waals surface area contributed by atoms with E-state index < -0.39 is 0 Å². The number of anilines is 1. The van der Waals surface area contributed by atoms with Crippen LogP contribution in [0.1, 0.15) is 5.76 Å². The highest BCUT2D eigenvalue weighted by molar-refractivity contribution is 7.99. The first-order chi connectivity index (χ1) is 9.38. The second kappa shape index (κ2) is 7.27. The molecule has 0 radical (unpaired) electrons. The zero-order valence-electron chi connectivity index (χ0n) is 10.1. The molecule has 0 aromatic carbocycles. The fourth-order valence-corrected chi connectivity index (χ4v) is 1.78. The van der Waals surface area contributed by atoms with Gasteiger partial charge in [0.15, 0.2) is 0 Å². The zero-order valence-corrected chi connectivity index (χ0v) is 10.9. The Kier molecular flexibility index (Phi) is 5.06. The minimum Gasteiger partial charge on any atom is -0.501 e. The molecule has 0 aliphatic carbocycles. The summed E-state index contributed by atoms with van der Waals surface area (Å²) in [6.45, 7) is 4.03. The molecule has 0 fully saturated rings. The molecule has 0 unspecified atom stereocenters. The maximum absolute atomic E-state index is 5.09. The first kappa shape index (κ1) is 13.2. The van der Waals surface area contributed by atoms with Gasteiger partial charge in [-0.05, 0) is 12.1 Å². The topological polar surface area (TPSA) is 88.3 Å². The zero-order chi connectivity index (χ0) is 13.3. The molecule has 2 N–H and O–H groups in total. The van der Waals surface area contributed by atoms with Gasteiger partial charge in [-0.25, -0.2) is 10.5 Å². The predicted molar refractivity (Wildman–Crippen MR) is 73.2 cm³/mol. The lowest BCUT2D eigenvalue weighted by Gasteiger charge is -1.96. The van der Waals surface area contributed by atoms with Gasteiger partial charge < -0.3 is 9.15 Å². The number of H-pyrrole nitrogens is 1. The van der Waals surface area contributed by atoms with Crippen LogP contribution in [-0.2, 0) is 4.74 Å². The van der Waals surface area contributed by atoms with Crippen molar-refractivity contribution < 1.29 is 9.15 Å². The van der Waals surface area contributed by atoms with Gasteiger partial charge in [-0.3, -0.25) is 0 Å². The summed E-state index contributed by atoms with van der Waals surface area (Å²) in [6.07, 6.45) is 4.54. The van der Waals surface area contributed by atoms with Crippen molar-refractivity contribution in [2.45, 2.75) is 5.16 Å². The third kappa shape index (κ3) is 4.51. The summed E-state index contributed by atoms with van der Waals surface area (Å²) in [5, 5.41) is 11.3. The fourth-order valence-electron chi connectivity index (χ4n) is 1.15. The van der Waals surface area contributed by atoms with Crippen molar-refractivity contribution in [3.05, 3.63) is 37.0 Å². The van der Waals surface area contributed by atoms with Crippen LogP contribution in [0.4, 0.5) is 5.95 Å². The molecular formula is C11H13N5O2S. The monoisotopic (exact) mass is 279 g/mol. The van der Waals surface area contributed by atoms with Gasteiger partial charge in [0, 0.05) is 5.75 Å². The molecule has 0 atom stereocenters. The van der Waals surface area contributed by atoms with Gasteiger partial charge in [0.25, 0.3) is 0 Å². The Bertz CT molecular complexity index is 523. The minimum absolute atomic E-state index is 0.468. The molecule has 0 aliphatic heterocycles. The Balaban J connectivity index is 1.75. The van der Waals surface area contributed by atoms with Crippen LogP contribution in [-0.4, -0.2) is 33.8 Å². The summed E-state index contributed by atoms with van der Waals surface area (Å²) in [7, 11) is 0. The van der Waals surface area contributed by atoms with E-state index in [1.54, 1.807) is 24.6 Å². The highest BCUT2D eigenvalue weighted by Crippen LogP contribution is 2.13. The Hall–Kier alpha value is -2.22. The fraction of sp³-hybridized carbons (Fsp3) is 0.182. The molecule has 0 amide bonds. The summed E-state index contributed by atoms with van der Waals surface area (Å²) in [6, 6.07) is 3.59. The van der Waals surface area contributed by atoms with Crippen LogP contribution >= 0.6 is 11.8 Å². The third-order valence-electron chi connectivity index (χ3n) is 1.92. The van der Waals surface area contributed by atoms with E-state index in [2.05, 4.69) is 32.3 Å². The molecule has 100 valence electrons. The molecule has 2 rings (SSSR count). The standard InChI is InChI=1S/C11H13N5O2S/c1-2-17-6-7-19-11-13-10(15-16-11)14-12-8-9-4-3-5-18-9/h2-5,8H,1,6-7H2,(H2,13,14,15,16)/b12-8+. The molecule has 0 spiro atoms. The van der Waals surface area contributed by atoms with Crippen LogP contribution in [0, 0.1) is 0 Å². The van der Waals surface area contributed by atoms with E-state index in [0.717, 1.165) is 5.75 Å². The molecule has 19 heavy (non-hydrogen) atoms. The van der Waals surface area contributed by atoms with Gasteiger partial charge in [-0.2, -0.15) is 10.1 Å². The number of furan rings is 1. The molecule has 7 nitrogen and oxygen atoms in total. The van der Waals surface area contributed by atoms with E-state index in [9.17, 15) is 0 Å². The lowest BCUT2D eigenvalue weighted by molar-refractivity contribution is 0.274. The normalized spacial score (nSPS) is 10.7. The smallest absolute Gasteiger partial charge is 0.240 e. The largest absolute Gasteiger partial charge is 0.501 e. The molecule has 0 aliphatic rings. The average molecular weight is 279 g/mol. The summed E-state index contributed by atoms with van der Waals surface area (Å²) in [5.74, 6) is 1.87. The summed E-state index contributed by atoms with van der Waals surface area (Å²) in [4.78, 5) is 4.19. The summed E-state index contributed by atoms with van der Waals surface area (Å²) < 4.78 is 10.1. The average Bonchev–Trinajstić information content (AvgIpc) is 3.07. The van der Waals surface area contributed by atoms with E-state index in [1.807, 2.05) is 0 Å². The van der Waals surface area contributed by atoms with Crippen LogP contribution in [0.3, 0.4) is 0 Å². The molecular weight excluding hydrogens is 266 g/mol. The van der Waals surface area contributed by atoms with Gasteiger partial charge in [0.05, 0.1) is 25.3 Å². The van der Waals surface area contributed by atoms with Gasteiger partial charge in [-0.1, -0.05) is 18.3 Å². The van der Waals surface area contributed by atoms with Crippen molar-refractivity contribution in [1.82, 2.24) is 15.2 Å². The first-order valence-electron chi connectivity index (χ1n) is 5.49. The van der Waals surface area contributed by atoms with Crippen LogP contribution in [0.15, 0.2) is 45.9 Å². The Morgan fingerprint density at radius 3 is 3.37 bits per heavy atom. The predicted octanol–water partition coefficient (Wildman–Crippen LogP) is 2.10. The molecule has 8 heteroatoms. The van der Waals surface area contributed by atoms with Crippen molar-refractivity contribution in [3.8, 4) is 0 Å². The number of ether oxygens (including phenoxy) is 1. The number of rotatable bonds is 8. The Morgan fingerprint density at radius 2 is 2.58 bits per heavy atom. The van der Waals surface area contributed by atoms with E-state index >= 15 is 0 Å². The van der Waals surface area contributed by atoms with Crippen molar-refractivity contribution in [1.29, 1.82) is 0 Å². The molecule has 0 saturated heterocycles. The molecule has 0 saturated carbocycles. The van der Waals surface area contributed by atoms with Crippen molar-refractivity contribution in [2.75, 3.05) is 17.8 Å². The van der Waals surface area contributed by atoms with Gasteiger partial charge >= 0.3 is 0 Å². The quantitative estimate of drug-likeness (QED) is 0.253. The third-order valence-corrected chi connectivity index (χ3v) is 2.73.